The van der Waals surface area contributed by atoms with E-state index in [0.29, 0.717) is 13.1 Å². The first-order valence-corrected chi connectivity index (χ1v) is 12.3. The molecule has 35 heavy (non-hydrogen) atoms. The van der Waals surface area contributed by atoms with Gasteiger partial charge >= 0.3 is 0 Å². The van der Waals surface area contributed by atoms with Gasteiger partial charge in [0.1, 0.15) is 0 Å². The summed E-state index contributed by atoms with van der Waals surface area (Å²) in [4.78, 5) is 35.5. The molecule has 184 valence electrons. The molecule has 0 bridgehead atoms. The third kappa shape index (κ3) is 8.20. The van der Waals surface area contributed by atoms with Crippen molar-refractivity contribution in [1.82, 2.24) is 34.6 Å². The Morgan fingerprint density at radius 1 is 0.714 bits per heavy atom. The molecule has 1 saturated heterocycles. The molecule has 4 heterocycles. The van der Waals surface area contributed by atoms with Gasteiger partial charge in [0.25, 0.3) is 0 Å². The summed E-state index contributed by atoms with van der Waals surface area (Å²) in [5, 5.41) is 0. The molecule has 1 aliphatic rings. The van der Waals surface area contributed by atoms with Crippen LogP contribution in [0.2, 0.25) is 0 Å². The lowest BCUT2D eigenvalue weighted by molar-refractivity contribution is -0.134. The Kier molecular flexibility index (Phi) is 9.28. The predicted molar refractivity (Wildman–Crippen MR) is 136 cm³/mol. The second kappa shape index (κ2) is 13.0. The Balaban J connectivity index is 1.43. The molecule has 1 aliphatic heterocycles. The fourth-order valence-corrected chi connectivity index (χ4v) is 4.22. The Morgan fingerprint density at radius 3 is 1.63 bits per heavy atom. The van der Waals surface area contributed by atoms with Gasteiger partial charge in [-0.1, -0.05) is 18.2 Å². The highest BCUT2D eigenvalue weighted by atomic mass is 16.2. The quantitative estimate of drug-likeness (QED) is 0.423. The summed E-state index contributed by atoms with van der Waals surface area (Å²) < 4.78 is 0. The van der Waals surface area contributed by atoms with E-state index in [-0.39, 0.29) is 5.91 Å². The van der Waals surface area contributed by atoms with E-state index in [9.17, 15) is 4.79 Å². The second-order valence-electron chi connectivity index (χ2n) is 9.07. The van der Waals surface area contributed by atoms with Crippen molar-refractivity contribution in [3.05, 3.63) is 90.3 Å². The number of rotatable bonds is 11. The zero-order valence-electron chi connectivity index (χ0n) is 20.5. The van der Waals surface area contributed by atoms with Crippen molar-refractivity contribution in [2.24, 2.45) is 0 Å². The van der Waals surface area contributed by atoms with E-state index in [1.165, 1.54) is 0 Å². The van der Waals surface area contributed by atoms with Crippen LogP contribution in [0.15, 0.2) is 73.2 Å². The number of hydrogen-bond donors (Lipinski definition) is 0. The highest BCUT2D eigenvalue weighted by molar-refractivity contribution is 5.78. The van der Waals surface area contributed by atoms with Crippen molar-refractivity contribution in [3.63, 3.8) is 0 Å². The average Bonchev–Trinajstić information content (AvgIpc) is 2.89. The Labute approximate surface area is 208 Å². The molecular formula is C27H35N7O. The van der Waals surface area contributed by atoms with Crippen LogP contribution in [0.4, 0.5) is 0 Å². The van der Waals surface area contributed by atoms with Crippen LogP contribution in [0.5, 0.6) is 0 Å². The van der Waals surface area contributed by atoms with E-state index in [1.807, 2.05) is 78.1 Å². The van der Waals surface area contributed by atoms with Crippen LogP contribution in [-0.4, -0.2) is 93.3 Å². The number of amides is 1. The minimum Gasteiger partial charge on any atom is -0.339 e. The molecule has 4 rings (SSSR count). The Bertz CT molecular complexity index is 970. The van der Waals surface area contributed by atoms with Crippen molar-refractivity contribution in [3.8, 4) is 0 Å². The van der Waals surface area contributed by atoms with Gasteiger partial charge in [-0.15, -0.1) is 0 Å². The predicted octanol–water partition coefficient (Wildman–Crippen LogP) is 2.15. The van der Waals surface area contributed by atoms with Crippen molar-refractivity contribution in [2.75, 3.05) is 52.9 Å². The minimum atomic E-state index is 0.190. The average molecular weight is 474 g/mol. The maximum Gasteiger partial charge on any atom is 0.236 e. The summed E-state index contributed by atoms with van der Waals surface area (Å²) in [6.45, 7) is 7.44. The number of carbonyl (C=O) groups excluding carboxylic acids is 1. The monoisotopic (exact) mass is 473 g/mol. The summed E-state index contributed by atoms with van der Waals surface area (Å²) in [7, 11) is 2.10. The number of hydrogen-bond acceptors (Lipinski definition) is 7. The van der Waals surface area contributed by atoms with Gasteiger partial charge in [0, 0.05) is 77.5 Å². The smallest absolute Gasteiger partial charge is 0.236 e. The summed E-state index contributed by atoms with van der Waals surface area (Å²) in [5.41, 5.74) is 3.01. The standard InChI is InChI=1S/C27H35N7O/c1-31-14-18-34(19-15-31)27(35)23-33(22-26-10-4-7-13-30-26)17-16-32(20-24-8-2-5-11-28-24)21-25-9-3-6-12-29-25/h2-13H,14-23H2,1H3. The minimum absolute atomic E-state index is 0.190. The fraction of sp³-hybridized carbons (Fsp3) is 0.407. The molecule has 3 aromatic rings. The van der Waals surface area contributed by atoms with Gasteiger partial charge in [-0.05, 0) is 43.4 Å². The normalized spacial score (nSPS) is 14.5. The number of nitrogens with zero attached hydrogens (tertiary/aromatic N) is 7. The molecule has 0 N–H and O–H groups in total. The van der Waals surface area contributed by atoms with Gasteiger partial charge in [0.2, 0.25) is 5.91 Å². The molecule has 0 aromatic carbocycles. The van der Waals surface area contributed by atoms with Crippen LogP contribution < -0.4 is 0 Å². The molecule has 0 atom stereocenters. The zero-order valence-corrected chi connectivity index (χ0v) is 20.5. The molecular weight excluding hydrogens is 438 g/mol. The number of piperazine rings is 1. The van der Waals surface area contributed by atoms with Gasteiger partial charge in [-0.3, -0.25) is 29.5 Å². The first-order valence-electron chi connectivity index (χ1n) is 12.3. The maximum atomic E-state index is 13.1. The SMILES string of the molecule is CN1CCN(C(=O)CN(CCN(Cc2ccccn2)Cc2ccccn2)Cc2ccccn2)CC1. The largest absolute Gasteiger partial charge is 0.339 e. The number of carbonyl (C=O) groups is 1. The number of likely N-dealkylation sites (N-methyl/N-ethyl adjacent to an activating group) is 1. The van der Waals surface area contributed by atoms with E-state index in [1.54, 1.807) is 0 Å². The number of aromatic nitrogens is 3. The lowest BCUT2D eigenvalue weighted by atomic mass is 10.2. The molecule has 1 amide bonds. The van der Waals surface area contributed by atoms with Crippen LogP contribution in [0, 0.1) is 0 Å². The summed E-state index contributed by atoms with van der Waals surface area (Å²) in [6, 6.07) is 17.9. The first-order chi connectivity index (χ1) is 17.2. The van der Waals surface area contributed by atoms with E-state index in [4.69, 9.17) is 0 Å². The van der Waals surface area contributed by atoms with Crippen molar-refractivity contribution >= 4 is 5.91 Å². The Morgan fingerprint density at radius 2 is 1.17 bits per heavy atom. The molecule has 3 aromatic heterocycles. The van der Waals surface area contributed by atoms with Crippen LogP contribution >= 0.6 is 0 Å². The molecule has 0 radical (unpaired) electrons. The van der Waals surface area contributed by atoms with Crippen LogP contribution in [0.25, 0.3) is 0 Å². The van der Waals surface area contributed by atoms with E-state index < -0.39 is 0 Å². The Hall–Kier alpha value is -3.20. The summed E-state index contributed by atoms with van der Waals surface area (Å²) in [5.74, 6) is 0.190. The van der Waals surface area contributed by atoms with Gasteiger partial charge in [-0.2, -0.15) is 0 Å². The molecule has 1 fully saturated rings. The van der Waals surface area contributed by atoms with Crippen LogP contribution in [0.1, 0.15) is 17.1 Å². The van der Waals surface area contributed by atoms with Gasteiger partial charge < -0.3 is 9.80 Å². The summed E-state index contributed by atoms with van der Waals surface area (Å²) in [6.07, 6.45) is 5.47. The molecule has 8 nitrogen and oxygen atoms in total. The lowest BCUT2D eigenvalue weighted by Crippen LogP contribution is -2.50. The molecule has 0 aliphatic carbocycles. The first kappa shape index (κ1) is 24.9. The zero-order chi connectivity index (χ0) is 24.3. The lowest BCUT2D eigenvalue weighted by Gasteiger charge is -2.34. The van der Waals surface area contributed by atoms with Gasteiger partial charge in [0.05, 0.1) is 23.6 Å². The third-order valence-electron chi connectivity index (χ3n) is 6.28. The molecule has 8 heteroatoms. The highest BCUT2D eigenvalue weighted by Gasteiger charge is 2.22. The van der Waals surface area contributed by atoms with Crippen molar-refractivity contribution in [1.29, 1.82) is 0 Å². The van der Waals surface area contributed by atoms with E-state index in [2.05, 4.69) is 36.7 Å². The van der Waals surface area contributed by atoms with E-state index >= 15 is 0 Å². The van der Waals surface area contributed by atoms with Crippen molar-refractivity contribution < 1.29 is 4.79 Å². The third-order valence-corrected chi connectivity index (χ3v) is 6.28. The molecule has 0 unspecified atom stereocenters. The second-order valence-corrected chi connectivity index (χ2v) is 9.07. The topological polar surface area (TPSA) is 68.7 Å². The van der Waals surface area contributed by atoms with Gasteiger partial charge in [-0.25, -0.2) is 0 Å². The fourth-order valence-electron chi connectivity index (χ4n) is 4.22. The number of pyridine rings is 3. The van der Waals surface area contributed by atoms with E-state index in [0.717, 1.165) is 69.4 Å². The molecule has 0 spiro atoms. The van der Waals surface area contributed by atoms with Crippen LogP contribution in [0.3, 0.4) is 0 Å². The highest BCUT2D eigenvalue weighted by Crippen LogP contribution is 2.10. The van der Waals surface area contributed by atoms with Gasteiger partial charge in [0.15, 0.2) is 0 Å². The summed E-state index contributed by atoms with van der Waals surface area (Å²) >= 11 is 0. The van der Waals surface area contributed by atoms with Crippen LogP contribution in [-0.2, 0) is 24.4 Å². The maximum absolute atomic E-state index is 13.1. The van der Waals surface area contributed by atoms with Crippen molar-refractivity contribution in [2.45, 2.75) is 19.6 Å². The molecule has 0 saturated carbocycles.